The highest BCUT2D eigenvalue weighted by molar-refractivity contribution is 5.75. The molecule has 0 aromatic heterocycles. The van der Waals surface area contributed by atoms with Crippen LogP contribution in [0.25, 0.3) is 0 Å². The Kier molecular flexibility index (Phi) is 10.6. The molecular formula is C12H25NO4. The molecule has 102 valence electrons. The van der Waals surface area contributed by atoms with E-state index >= 15 is 0 Å². The predicted octanol–water partition coefficient (Wildman–Crippen LogP) is 2.70. The maximum absolute atomic E-state index is 11.3. The van der Waals surface area contributed by atoms with Crippen LogP contribution >= 0.6 is 0 Å². The second-order valence-corrected chi connectivity index (χ2v) is 4.18. The molecule has 17 heavy (non-hydrogen) atoms. The van der Waals surface area contributed by atoms with Gasteiger partial charge in [0.05, 0.1) is 5.41 Å². The number of carbonyl (C=O) groups is 2. The highest BCUT2D eigenvalue weighted by Crippen LogP contribution is 2.21. The number of ether oxygens (including phenoxy) is 2. The molecule has 0 rings (SSSR count). The van der Waals surface area contributed by atoms with Crippen LogP contribution in [0.15, 0.2) is 0 Å². The molecule has 1 amide bonds. The Hall–Kier alpha value is -1.26. The number of esters is 1. The Morgan fingerprint density at radius 1 is 1.12 bits per heavy atom. The molecule has 0 aliphatic carbocycles. The first-order valence-electron chi connectivity index (χ1n) is 5.87. The lowest BCUT2D eigenvalue weighted by molar-refractivity contribution is -0.162. The van der Waals surface area contributed by atoms with Crippen molar-refractivity contribution in [2.45, 2.75) is 47.5 Å². The van der Waals surface area contributed by atoms with Crippen molar-refractivity contribution in [1.82, 2.24) is 5.32 Å². The predicted molar refractivity (Wildman–Crippen MR) is 66.5 cm³/mol. The molecule has 0 saturated heterocycles. The number of hydrogen-bond donors (Lipinski definition) is 1. The van der Waals surface area contributed by atoms with Crippen LogP contribution < -0.4 is 5.32 Å². The quantitative estimate of drug-likeness (QED) is 0.612. The number of carbonyl (C=O) groups excluding carboxylic acids is 2. The highest BCUT2D eigenvalue weighted by atomic mass is 16.7. The maximum Gasteiger partial charge on any atom is 0.409 e. The van der Waals surface area contributed by atoms with Crippen molar-refractivity contribution in [3.63, 3.8) is 0 Å². The van der Waals surface area contributed by atoms with E-state index in [9.17, 15) is 9.59 Å². The zero-order valence-corrected chi connectivity index (χ0v) is 11.8. The van der Waals surface area contributed by atoms with Crippen LogP contribution in [0.1, 0.15) is 47.5 Å². The standard InChI is InChI=1S/C9H17NO4.C3H8/c1-5-9(2,3)7(11)13-6-14-8(12)10-4;1-3-2/h5-6H2,1-4H3,(H,10,12);3H2,1-2H3. The monoisotopic (exact) mass is 247 g/mol. The lowest BCUT2D eigenvalue weighted by Gasteiger charge is -2.19. The van der Waals surface area contributed by atoms with Crippen molar-refractivity contribution < 1.29 is 19.1 Å². The Morgan fingerprint density at radius 3 is 1.94 bits per heavy atom. The molecule has 5 heteroatoms. The fourth-order valence-corrected chi connectivity index (χ4v) is 0.548. The lowest BCUT2D eigenvalue weighted by atomic mass is 9.91. The third-order valence-electron chi connectivity index (χ3n) is 2.02. The Labute approximate surface area is 104 Å². The summed E-state index contributed by atoms with van der Waals surface area (Å²) in [6.07, 6.45) is 1.30. The van der Waals surface area contributed by atoms with Crippen molar-refractivity contribution in [2.24, 2.45) is 5.41 Å². The smallest absolute Gasteiger partial charge is 0.409 e. The van der Waals surface area contributed by atoms with E-state index in [4.69, 9.17) is 4.74 Å². The summed E-state index contributed by atoms with van der Waals surface area (Å²) in [6.45, 7) is 9.34. The summed E-state index contributed by atoms with van der Waals surface area (Å²) in [5, 5.41) is 2.24. The van der Waals surface area contributed by atoms with Gasteiger partial charge in [0.2, 0.25) is 6.79 Å². The molecule has 0 unspecified atom stereocenters. The Bertz CT molecular complexity index is 227. The summed E-state index contributed by atoms with van der Waals surface area (Å²) < 4.78 is 9.26. The summed E-state index contributed by atoms with van der Waals surface area (Å²) in [5.74, 6) is -0.371. The van der Waals surface area contributed by atoms with Crippen LogP contribution in [0.3, 0.4) is 0 Å². The molecule has 0 spiro atoms. The second-order valence-electron chi connectivity index (χ2n) is 4.18. The van der Waals surface area contributed by atoms with Gasteiger partial charge in [0.25, 0.3) is 0 Å². The first kappa shape index (κ1) is 18.1. The average Bonchev–Trinajstić information content (AvgIpc) is 2.29. The van der Waals surface area contributed by atoms with Crippen molar-refractivity contribution >= 4 is 12.1 Å². The number of alkyl carbamates (subject to hydrolysis) is 1. The zero-order valence-electron chi connectivity index (χ0n) is 11.8. The Balaban J connectivity index is 0. The molecule has 0 atom stereocenters. The zero-order chi connectivity index (χ0) is 13.9. The van der Waals surface area contributed by atoms with Crippen LogP contribution in [0.4, 0.5) is 4.79 Å². The van der Waals surface area contributed by atoms with E-state index in [2.05, 4.69) is 23.9 Å². The minimum atomic E-state index is -0.618. The number of hydrogen-bond acceptors (Lipinski definition) is 4. The first-order chi connectivity index (χ1) is 7.85. The minimum absolute atomic E-state index is 0.345. The SMILES string of the molecule is CCC.CCC(C)(C)C(=O)OCOC(=O)NC. The summed E-state index contributed by atoms with van der Waals surface area (Å²) >= 11 is 0. The average molecular weight is 247 g/mol. The number of nitrogens with one attached hydrogen (secondary N) is 1. The topological polar surface area (TPSA) is 64.6 Å². The highest BCUT2D eigenvalue weighted by Gasteiger charge is 2.27. The molecular weight excluding hydrogens is 222 g/mol. The van der Waals surface area contributed by atoms with Crippen LogP contribution in [0, 0.1) is 5.41 Å². The molecule has 0 saturated carbocycles. The summed E-state index contributed by atoms with van der Waals surface area (Å²) in [5.41, 5.74) is -0.536. The third kappa shape index (κ3) is 9.66. The lowest BCUT2D eigenvalue weighted by Crippen LogP contribution is -2.28. The number of rotatable bonds is 4. The third-order valence-corrected chi connectivity index (χ3v) is 2.02. The molecule has 0 aromatic rings. The van der Waals surface area contributed by atoms with E-state index in [1.54, 1.807) is 13.8 Å². The summed E-state index contributed by atoms with van der Waals surface area (Å²) in [7, 11) is 1.43. The second kappa shape index (κ2) is 9.93. The van der Waals surface area contributed by atoms with Crippen molar-refractivity contribution in [3.8, 4) is 0 Å². The molecule has 0 radical (unpaired) electrons. The van der Waals surface area contributed by atoms with Crippen LogP contribution in [0.5, 0.6) is 0 Å². The van der Waals surface area contributed by atoms with Gasteiger partial charge in [0.1, 0.15) is 0 Å². The van der Waals surface area contributed by atoms with Gasteiger partial charge >= 0.3 is 12.1 Å². The van der Waals surface area contributed by atoms with E-state index < -0.39 is 11.5 Å². The summed E-state index contributed by atoms with van der Waals surface area (Å²) in [4.78, 5) is 21.9. The van der Waals surface area contributed by atoms with Crippen LogP contribution in [-0.2, 0) is 14.3 Å². The molecule has 5 nitrogen and oxygen atoms in total. The van der Waals surface area contributed by atoms with Crippen LogP contribution in [-0.4, -0.2) is 25.9 Å². The van der Waals surface area contributed by atoms with Gasteiger partial charge in [0.15, 0.2) is 0 Å². The van der Waals surface area contributed by atoms with Gasteiger partial charge in [-0.05, 0) is 20.3 Å². The fourth-order valence-electron chi connectivity index (χ4n) is 0.548. The largest absolute Gasteiger partial charge is 0.427 e. The van der Waals surface area contributed by atoms with Gasteiger partial charge in [-0.2, -0.15) is 0 Å². The van der Waals surface area contributed by atoms with Gasteiger partial charge < -0.3 is 14.8 Å². The van der Waals surface area contributed by atoms with E-state index in [0.717, 1.165) is 0 Å². The molecule has 0 fully saturated rings. The van der Waals surface area contributed by atoms with Crippen molar-refractivity contribution in [2.75, 3.05) is 13.8 Å². The normalized spacial score (nSPS) is 9.76. The van der Waals surface area contributed by atoms with E-state index in [0.29, 0.717) is 6.42 Å². The van der Waals surface area contributed by atoms with Crippen LogP contribution in [0.2, 0.25) is 0 Å². The van der Waals surface area contributed by atoms with E-state index in [1.807, 2.05) is 6.92 Å². The van der Waals surface area contributed by atoms with Gasteiger partial charge in [-0.1, -0.05) is 27.2 Å². The van der Waals surface area contributed by atoms with Gasteiger partial charge in [-0.3, -0.25) is 4.79 Å². The fraction of sp³-hybridized carbons (Fsp3) is 0.833. The van der Waals surface area contributed by atoms with E-state index in [-0.39, 0.29) is 12.8 Å². The van der Waals surface area contributed by atoms with E-state index in [1.165, 1.54) is 13.5 Å². The molecule has 1 N–H and O–H groups in total. The maximum atomic E-state index is 11.3. The van der Waals surface area contributed by atoms with Crippen molar-refractivity contribution in [3.05, 3.63) is 0 Å². The number of amides is 1. The van der Waals surface area contributed by atoms with Gasteiger partial charge in [0, 0.05) is 7.05 Å². The minimum Gasteiger partial charge on any atom is -0.427 e. The first-order valence-corrected chi connectivity index (χ1v) is 5.87. The summed E-state index contributed by atoms with van der Waals surface area (Å²) in [6, 6.07) is 0. The molecule has 0 bridgehead atoms. The molecule has 0 aliphatic heterocycles. The molecule has 0 aromatic carbocycles. The van der Waals surface area contributed by atoms with Gasteiger partial charge in [-0.15, -0.1) is 0 Å². The van der Waals surface area contributed by atoms with Gasteiger partial charge in [-0.25, -0.2) is 4.79 Å². The Morgan fingerprint density at radius 2 is 1.59 bits per heavy atom. The van der Waals surface area contributed by atoms with Crippen molar-refractivity contribution in [1.29, 1.82) is 0 Å². The molecule has 0 heterocycles. The molecule has 0 aliphatic rings.